The SMILES string of the molecule is CCCNc1ccc(C(=O)NC2CCN(C3CC3)C2)nn1. The van der Waals surface area contributed by atoms with Crippen molar-refractivity contribution in [3.05, 3.63) is 17.8 Å². The third-order valence-corrected chi connectivity index (χ3v) is 4.07. The number of nitrogens with zero attached hydrogens (tertiary/aromatic N) is 3. The Bertz CT molecular complexity index is 485. The molecule has 21 heavy (non-hydrogen) atoms. The third-order valence-electron chi connectivity index (χ3n) is 4.07. The van der Waals surface area contributed by atoms with E-state index < -0.39 is 0 Å². The van der Waals surface area contributed by atoms with Gasteiger partial charge in [0.2, 0.25) is 0 Å². The van der Waals surface area contributed by atoms with Crippen LogP contribution in [0.5, 0.6) is 0 Å². The molecule has 6 nitrogen and oxygen atoms in total. The van der Waals surface area contributed by atoms with Gasteiger partial charge >= 0.3 is 0 Å². The van der Waals surface area contributed by atoms with Crippen LogP contribution in [0.2, 0.25) is 0 Å². The van der Waals surface area contributed by atoms with Crippen LogP contribution in [0, 0.1) is 0 Å². The van der Waals surface area contributed by atoms with Crippen LogP contribution in [0.15, 0.2) is 12.1 Å². The van der Waals surface area contributed by atoms with Gasteiger partial charge < -0.3 is 10.6 Å². The van der Waals surface area contributed by atoms with Crippen molar-refractivity contribution in [2.24, 2.45) is 0 Å². The van der Waals surface area contributed by atoms with Gasteiger partial charge in [-0.05, 0) is 37.8 Å². The average molecular weight is 289 g/mol. The zero-order valence-corrected chi connectivity index (χ0v) is 12.5. The molecule has 0 aromatic carbocycles. The molecule has 1 aromatic heterocycles. The Morgan fingerprint density at radius 2 is 2.19 bits per heavy atom. The van der Waals surface area contributed by atoms with E-state index in [1.807, 2.05) is 6.07 Å². The van der Waals surface area contributed by atoms with Crippen LogP contribution in [-0.2, 0) is 0 Å². The van der Waals surface area contributed by atoms with E-state index in [0.717, 1.165) is 38.5 Å². The Morgan fingerprint density at radius 3 is 2.86 bits per heavy atom. The molecule has 3 rings (SSSR count). The number of carbonyl (C=O) groups is 1. The summed E-state index contributed by atoms with van der Waals surface area (Å²) in [4.78, 5) is 14.6. The lowest BCUT2D eigenvalue weighted by molar-refractivity contribution is 0.0931. The van der Waals surface area contributed by atoms with Crippen LogP contribution in [0.1, 0.15) is 43.1 Å². The highest BCUT2D eigenvalue weighted by Gasteiger charge is 2.34. The number of nitrogens with one attached hydrogen (secondary N) is 2. The van der Waals surface area contributed by atoms with Crippen molar-refractivity contribution >= 4 is 11.7 Å². The average Bonchev–Trinajstić information content (AvgIpc) is 3.26. The first-order valence-corrected chi connectivity index (χ1v) is 7.89. The first-order chi connectivity index (χ1) is 10.3. The van der Waals surface area contributed by atoms with Gasteiger partial charge in [0.15, 0.2) is 5.69 Å². The zero-order valence-electron chi connectivity index (χ0n) is 12.5. The van der Waals surface area contributed by atoms with Gasteiger partial charge in [-0.3, -0.25) is 9.69 Å². The van der Waals surface area contributed by atoms with E-state index in [4.69, 9.17) is 0 Å². The second-order valence-electron chi connectivity index (χ2n) is 5.92. The fourth-order valence-corrected chi connectivity index (χ4v) is 2.74. The summed E-state index contributed by atoms with van der Waals surface area (Å²) in [6.45, 7) is 5.02. The summed E-state index contributed by atoms with van der Waals surface area (Å²) in [6.07, 6.45) is 4.70. The second kappa shape index (κ2) is 6.39. The predicted octanol–water partition coefficient (Wildman–Crippen LogP) is 1.26. The molecule has 2 N–H and O–H groups in total. The minimum Gasteiger partial charge on any atom is -0.369 e. The standard InChI is InChI=1S/C15H23N5O/c1-2-8-16-14-6-5-13(18-19-14)15(21)17-11-7-9-20(10-11)12-3-4-12/h5-6,11-12H,2-4,7-10H2,1H3,(H,16,19)(H,17,21). The third kappa shape index (κ3) is 3.69. The Balaban J connectivity index is 1.50. The molecule has 1 saturated heterocycles. The van der Waals surface area contributed by atoms with Crippen molar-refractivity contribution in [3.63, 3.8) is 0 Å². The molecule has 2 heterocycles. The van der Waals surface area contributed by atoms with Crippen LogP contribution < -0.4 is 10.6 Å². The van der Waals surface area contributed by atoms with Crippen molar-refractivity contribution in [2.75, 3.05) is 25.0 Å². The fourth-order valence-electron chi connectivity index (χ4n) is 2.74. The molecule has 0 bridgehead atoms. The van der Waals surface area contributed by atoms with Crippen LogP contribution >= 0.6 is 0 Å². The summed E-state index contributed by atoms with van der Waals surface area (Å²) in [5.74, 6) is 0.598. The van der Waals surface area contributed by atoms with Crippen LogP contribution in [0.4, 0.5) is 5.82 Å². The molecule has 6 heteroatoms. The molecule has 2 fully saturated rings. The maximum atomic E-state index is 12.2. The summed E-state index contributed by atoms with van der Waals surface area (Å²) in [5, 5.41) is 14.2. The monoisotopic (exact) mass is 289 g/mol. The highest BCUT2D eigenvalue weighted by atomic mass is 16.2. The highest BCUT2D eigenvalue weighted by Crippen LogP contribution is 2.29. The molecular weight excluding hydrogens is 266 g/mol. The topological polar surface area (TPSA) is 70.2 Å². The van der Waals surface area contributed by atoms with Gasteiger partial charge in [-0.15, -0.1) is 10.2 Å². The Labute approximate surface area is 125 Å². The Morgan fingerprint density at radius 1 is 1.33 bits per heavy atom. The van der Waals surface area contributed by atoms with Gasteiger partial charge in [-0.2, -0.15) is 0 Å². The molecule has 0 spiro atoms. The van der Waals surface area contributed by atoms with Crippen LogP contribution in [-0.4, -0.2) is 52.7 Å². The summed E-state index contributed by atoms with van der Waals surface area (Å²) < 4.78 is 0. The smallest absolute Gasteiger partial charge is 0.272 e. The molecule has 1 amide bonds. The van der Waals surface area contributed by atoms with Gasteiger partial charge in [-0.25, -0.2) is 0 Å². The normalized spacial score (nSPS) is 22.2. The predicted molar refractivity (Wildman–Crippen MR) is 81.3 cm³/mol. The minimum atomic E-state index is -0.118. The van der Waals surface area contributed by atoms with Crippen molar-refractivity contribution in [1.29, 1.82) is 0 Å². The number of hydrogen-bond donors (Lipinski definition) is 2. The van der Waals surface area contributed by atoms with Crippen molar-refractivity contribution < 1.29 is 4.79 Å². The molecule has 1 unspecified atom stereocenters. The quantitative estimate of drug-likeness (QED) is 0.825. The largest absolute Gasteiger partial charge is 0.369 e. The molecule has 1 atom stereocenters. The first kappa shape index (κ1) is 14.3. The van der Waals surface area contributed by atoms with Gasteiger partial charge in [0, 0.05) is 31.7 Å². The van der Waals surface area contributed by atoms with E-state index in [1.54, 1.807) is 6.07 Å². The van der Waals surface area contributed by atoms with Crippen molar-refractivity contribution in [1.82, 2.24) is 20.4 Å². The maximum Gasteiger partial charge on any atom is 0.272 e. The number of rotatable bonds is 6. The number of anilines is 1. The Kier molecular flexibility index (Phi) is 4.34. The second-order valence-corrected chi connectivity index (χ2v) is 5.92. The van der Waals surface area contributed by atoms with Crippen molar-refractivity contribution in [3.8, 4) is 0 Å². The highest BCUT2D eigenvalue weighted by molar-refractivity contribution is 5.92. The zero-order chi connectivity index (χ0) is 14.7. The molecule has 1 aliphatic carbocycles. The van der Waals surface area contributed by atoms with Crippen molar-refractivity contribution in [2.45, 2.75) is 44.7 Å². The van der Waals surface area contributed by atoms with Gasteiger partial charge in [-0.1, -0.05) is 6.92 Å². The van der Waals surface area contributed by atoms with Gasteiger partial charge in [0.05, 0.1) is 0 Å². The molecule has 1 aliphatic heterocycles. The molecule has 114 valence electrons. The number of hydrogen-bond acceptors (Lipinski definition) is 5. The Hall–Kier alpha value is -1.69. The lowest BCUT2D eigenvalue weighted by Crippen LogP contribution is -2.37. The van der Waals surface area contributed by atoms with E-state index in [1.165, 1.54) is 12.8 Å². The minimum absolute atomic E-state index is 0.118. The summed E-state index contributed by atoms with van der Waals surface area (Å²) >= 11 is 0. The van der Waals surface area contributed by atoms with E-state index in [9.17, 15) is 4.79 Å². The summed E-state index contributed by atoms with van der Waals surface area (Å²) in [7, 11) is 0. The molecule has 1 saturated carbocycles. The maximum absolute atomic E-state index is 12.2. The summed E-state index contributed by atoms with van der Waals surface area (Å²) in [6, 6.07) is 4.56. The van der Waals surface area contributed by atoms with E-state index >= 15 is 0 Å². The summed E-state index contributed by atoms with van der Waals surface area (Å²) in [5.41, 5.74) is 0.391. The number of amides is 1. The molecule has 1 aromatic rings. The molecule has 0 radical (unpaired) electrons. The molecular formula is C15H23N5O. The number of aromatic nitrogens is 2. The lowest BCUT2D eigenvalue weighted by Gasteiger charge is -2.15. The van der Waals surface area contributed by atoms with Gasteiger partial charge in [0.25, 0.3) is 5.91 Å². The number of likely N-dealkylation sites (tertiary alicyclic amines) is 1. The van der Waals surface area contributed by atoms with Gasteiger partial charge in [0.1, 0.15) is 5.82 Å². The van der Waals surface area contributed by atoms with Crippen LogP contribution in [0.25, 0.3) is 0 Å². The fraction of sp³-hybridized carbons (Fsp3) is 0.667. The first-order valence-electron chi connectivity index (χ1n) is 7.89. The van der Waals surface area contributed by atoms with E-state index in [-0.39, 0.29) is 11.9 Å². The van der Waals surface area contributed by atoms with E-state index in [2.05, 4.69) is 32.7 Å². The lowest BCUT2D eigenvalue weighted by atomic mass is 10.2. The van der Waals surface area contributed by atoms with Crippen LogP contribution in [0.3, 0.4) is 0 Å². The molecule has 2 aliphatic rings. The number of carbonyl (C=O) groups excluding carboxylic acids is 1. The van der Waals surface area contributed by atoms with E-state index in [0.29, 0.717) is 11.5 Å².